The number of carboxylic acids is 1. The van der Waals surface area contributed by atoms with Gasteiger partial charge in [-0.3, -0.25) is 4.79 Å². The van der Waals surface area contributed by atoms with Crippen molar-refractivity contribution >= 4 is 5.97 Å². The molecule has 0 saturated heterocycles. The van der Waals surface area contributed by atoms with E-state index in [-0.39, 0.29) is 6.10 Å². The highest BCUT2D eigenvalue weighted by Crippen LogP contribution is 2.12. The molecule has 22 heavy (non-hydrogen) atoms. The van der Waals surface area contributed by atoms with Crippen LogP contribution >= 0.6 is 0 Å². The first-order valence-electron chi connectivity index (χ1n) is 9.21. The van der Waals surface area contributed by atoms with Gasteiger partial charge in [-0.05, 0) is 44.9 Å². The van der Waals surface area contributed by atoms with Gasteiger partial charge in [-0.25, -0.2) is 0 Å². The third-order valence-electron chi connectivity index (χ3n) is 3.96. The predicted octanol–water partition coefficient (Wildman–Crippen LogP) is 5.47. The second-order valence-corrected chi connectivity index (χ2v) is 6.25. The summed E-state index contributed by atoms with van der Waals surface area (Å²) in [6.07, 6.45) is 19.1. The molecule has 1 atom stereocenters. The van der Waals surface area contributed by atoms with Gasteiger partial charge in [0.2, 0.25) is 0 Å². The molecule has 0 aliphatic rings. The molecule has 0 saturated carbocycles. The quantitative estimate of drug-likeness (QED) is 0.293. The van der Waals surface area contributed by atoms with Crippen LogP contribution in [0.4, 0.5) is 0 Å². The first-order chi connectivity index (χ1) is 10.7. The van der Waals surface area contributed by atoms with Crippen molar-refractivity contribution in [2.24, 2.45) is 0 Å². The van der Waals surface area contributed by atoms with Crippen molar-refractivity contribution in [3.05, 3.63) is 12.2 Å². The van der Waals surface area contributed by atoms with E-state index in [4.69, 9.17) is 5.11 Å². The lowest BCUT2D eigenvalue weighted by Crippen LogP contribution is -2.04. The van der Waals surface area contributed by atoms with Crippen LogP contribution in [-0.2, 0) is 4.79 Å². The van der Waals surface area contributed by atoms with Gasteiger partial charge < -0.3 is 10.2 Å². The lowest BCUT2D eigenvalue weighted by Gasteiger charge is -2.08. The third-order valence-corrected chi connectivity index (χ3v) is 3.96. The van der Waals surface area contributed by atoms with Crippen LogP contribution in [0.2, 0.25) is 0 Å². The summed E-state index contributed by atoms with van der Waals surface area (Å²) in [5, 5.41) is 18.1. The normalized spacial score (nSPS) is 12.8. The van der Waals surface area contributed by atoms with E-state index < -0.39 is 5.97 Å². The second-order valence-electron chi connectivity index (χ2n) is 6.25. The molecular weight excluding hydrogens is 276 g/mol. The van der Waals surface area contributed by atoms with Gasteiger partial charge >= 0.3 is 5.97 Å². The summed E-state index contributed by atoms with van der Waals surface area (Å²) in [7, 11) is 0. The minimum absolute atomic E-state index is 0.0781. The maximum absolute atomic E-state index is 10.3. The number of rotatable bonds is 16. The molecule has 0 fully saturated rings. The Morgan fingerprint density at radius 3 is 2.00 bits per heavy atom. The van der Waals surface area contributed by atoms with Gasteiger partial charge in [-0.2, -0.15) is 0 Å². The molecule has 0 bridgehead atoms. The molecule has 0 heterocycles. The Bertz CT molecular complexity index is 274. The number of aliphatic carboxylic acids is 1. The second kappa shape index (κ2) is 16.5. The molecule has 0 amide bonds. The molecule has 0 aromatic rings. The lowest BCUT2D eigenvalue weighted by atomic mass is 10.0. The van der Waals surface area contributed by atoms with E-state index in [2.05, 4.69) is 19.1 Å². The van der Waals surface area contributed by atoms with Gasteiger partial charge in [0.05, 0.1) is 6.10 Å². The molecule has 0 spiro atoms. The predicted molar refractivity (Wildman–Crippen MR) is 93.1 cm³/mol. The van der Waals surface area contributed by atoms with Gasteiger partial charge in [0.15, 0.2) is 0 Å². The molecule has 0 aromatic heterocycles. The van der Waals surface area contributed by atoms with Crippen LogP contribution in [0.1, 0.15) is 96.8 Å². The zero-order valence-electron chi connectivity index (χ0n) is 14.4. The number of hydrogen-bond acceptors (Lipinski definition) is 2. The molecule has 130 valence electrons. The number of carbonyl (C=O) groups is 1. The fraction of sp³-hybridized carbons (Fsp3) is 0.842. The average molecular weight is 312 g/mol. The van der Waals surface area contributed by atoms with E-state index in [9.17, 15) is 9.90 Å². The van der Waals surface area contributed by atoms with E-state index in [1.807, 2.05) is 0 Å². The molecule has 0 aromatic carbocycles. The van der Waals surface area contributed by atoms with E-state index in [1.54, 1.807) is 0 Å². The highest BCUT2D eigenvalue weighted by molar-refractivity contribution is 5.66. The fourth-order valence-electron chi connectivity index (χ4n) is 2.60. The van der Waals surface area contributed by atoms with E-state index in [1.165, 1.54) is 32.1 Å². The van der Waals surface area contributed by atoms with Crippen molar-refractivity contribution in [3.63, 3.8) is 0 Å². The maximum Gasteiger partial charge on any atom is 0.303 e. The van der Waals surface area contributed by atoms with Crippen LogP contribution in [0.25, 0.3) is 0 Å². The van der Waals surface area contributed by atoms with Crippen LogP contribution in [0.3, 0.4) is 0 Å². The molecule has 3 nitrogen and oxygen atoms in total. The van der Waals surface area contributed by atoms with Gasteiger partial charge in [0, 0.05) is 6.42 Å². The van der Waals surface area contributed by atoms with Crippen molar-refractivity contribution in [3.8, 4) is 0 Å². The molecule has 0 aliphatic carbocycles. The Morgan fingerprint density at radius 2 is 1.41 bits per heavy atom. The zero-order valence-corrected chi connectivity index (χ0v) is 14.4. The molecule has 0 rings (SSSR count). The number of aliphatic hydroxyl groups excluding tert-OH is 1. The summed E-state index contributed by atoms with van der Waals surface area (Å²) >= 11 is 0. The third kappa shape index (κ3) is 17.2. The van der Waals surface area contributed by atoms with Crippen LogP contribution in [-0.4, -0.2) is 22.3 Å². The van der Waals surface area contributed by atoms with Crippen molar-refractivity contribution in [1.29, 1.82) is 0 Å². The zero-order chi connectivity index (χ0) is 16.5. The first-order valence-corrected chi connectivity index (χ1v) is 9.21. The van der Waals surface area contributed by atoms with Gasteiger partial charge in [0.1, 0.15) is 0 Å². The monoisotopic (exact) mass is 312 g/mol. The highest BCUT2D eigenvalue weighted by atomic mass is 16.4. The van der Waals surface area contributed by atoms with Crippen LogP contribution < -0.4 is 0 Å². The van der Waals surface area contributed by atoms with Gasteiger partial charge in [-0.1, -0.05) is 57.6 Å². The standard InChI is InChI=1S/C19H36O3/c1-2-15-18(20)16-13-11-9-7-5-3-4-6-8-10-12-14-17-19(21)22/h6,8,18,20H,2-5,7,9-17H2,1H3,(H,21,22)/b8-6-. The maximum atomic E-state index is 10.3. The van der Waals surface area contributed by atoms with Gasteiger partial charge in [0.25, 0.3) is 0 Å². The molecular formula is C19H36O3. The van der Waals surface area contributed by atoms with Crippen molar-refractivity contribution < 1.29 is 15.0 Å². The molecule has 3 heteroatoms. The van der Waals surface area contributed by atoms with Crippen LogP contribution in [0, 0.1) is 0 Å². The largest absolute Gasteiger partial charge is 0.481 e. The number of unbranched alkanes of at least 4 members (excludes halogenated alkanes) is 8. The first kappa shape index (κ1) is 21.2. The van der Waals surface area contributed by atoms with Crippen molar-refractivity contribution in [2.75, 3.05) is 0 Å². The van der Waals surface area contributed by atoms with Crippen molar-refractivity contribution in [1.82, 2.24) is 0 Å². The Labute approximate surface area is 136 Å². The molecule has 0 aliphatic heterocycles. The highest BCUT2D eigenvalue weighted by Gasteiger charge is 2.01. The number of aliphatic hydroxyl groups is 1. The minimum atomic E-state index is -0.691. The minimum Gasteiger partial charge on any atom is -0.481 e. The van der Waals surface area contributed by atoms with E-state index >= 15 is 0 Å². The van der Waals surface area contributed by atoms with Gasteiger partial charge in [-0.15, -0.1) is 0 Å². The van der Waals surface area contributed by atoms with Crippen LogP contribution in [0.5, 0.6) is 0 Å². The summed E-state index contributed by atoms with van der Waals surface area (Å²) in [5.41, 5.74) is 0. The summed E-state index contributed by atoms with van der Waals surface area (Å²) in [5.74, 6) is -0.691. The number of hydrogen-bond donors (Lipinski definition) is 2. The SMILES string of the molecule is CCCC(O)CCCCCCCC/C=C\CCCCC(=O)O. The fourth-order valence-corrected chi connectivity index (χ4v) is 2.60. The number of carboxylic acid groups (broad SMARTS) is 1. The van der Waals surface area contributed by atoms with Crippen LogP contribution in [0.15, 0.2) is 12.2 Å². The summed E-state index contributed by atoms with van der Waals surface area (Å²) in [6.45, 7) is 2.12. The smallest absolute Gasteiger partial charge is 0.303 e. The Morgan fingerprint density at radius 1 is 0.864 bits per heavy atom. The van der Waals surface area contributed by atoms with Crippen molar-refractivity contribution in [2.45, 2.75) is 103 Å². The number of allylic oxidation sites excluding steroid dienone is 2. The van der Waals surface area contributed by atoms with E-state index in [0.29, 0.717) is 6.42 Å². The molecule has 1 unspecified atom stereocenters. The Balaban J connectivity index is 3.15. The Kier molecular flexibility index (Phi) is 15.9. The van der Waals surface area contributed by atoms with E-state index in [0.717, 1.165) is 51.4 Å². The topological polar surface area (TPSA) is 57.5 Å². The average Bonchev–Trinajstić information content (AvgIpc) is 2.47. The Hall–Kier alpha value is -0.830. The molecule has 0 radical (unpaired) electrons. The summed E-state index contributed by atoms with van der Waals surface area (Å²) in [4.78, 5) is 10.3. The summed E-state index contributed by atoms with van der Waals surface area (Å²) in [6, 6.07) is 0. The lowest BCUT2D eigenvalue weighted by molar-refractivity contribution is -0.137. The summed E-state index contributed by atoms with van der Waals surface area (Å²) < 4.78 is 0. The molecule has 2 N–H and O–H groups in total.